The number of hydrogen-bond acceptors (Lipinski definition) is 5. The molecule has 1 fully saturated rings. The van der Waals surface area contributed by atoms with Crippen molar-refractivity contribution in [2.24, 2.45) is 16.5 Å². The zero-order valence-corrected chi connectivity index (χ0v) is 21.5. The first-order valence-electron chi connectivity index (χ1n) is 12.4. The maximum absolute atomic E-state index is 13.9. The quantitative estimate of drug-likeness (QED) is 0.190. The number of aryl methyl sites for hydroxylation is 1. The summed E-state index contributed by atoms with van der Waals surface area (Å²) in [7, 11) is 0. The number of fused-ring (bicyclic) bond motifs is 1. The molecule has 2 heterocycles. The van der Waals surface area contributed by atoms with Crippen LogP contribution in [0.5, 0.6) is 0 Å². The van der Waals surface area contributed by atoms with E-state index < -0.39 is 11.8 Å². The van der Waals surface area contributed by atoms with Crippen molar-refractivity contribution in [3.8, 4) is 11.1 Å². The lowest BCUT2D eigenvalue weighted by molar-refractivity contribution is 0.0697. The van der Waals surface area contributed by atoms with Gasteiger partial charge in [0.25, 0.3) is 0 Å². The number of aromatic carboxylic acids is 1. The van der Waals surface area contributed by atoms with Crippen LogP contribution in [0.2, 0.25) is 5.02 Å². The number of aromatic nitrogens is 2. The van der Waals surface area contributed by atoms with Crippen LogP contribution in [0, 0.1) is 12.7 Å². The predicted molar refractivity (Wildman–Crippen MR) is 148 cm³/mol. The van der Waals surface area contributed by atoms with Gasteiger partial charge in [0.15, 0.2) is 0 Å². The van der Waals surface area contributed by atoms with Crippen molar-refractivity contribution >= 4 is 40.3 Å². The number of anilines is 1. The van der Waals surface area contributed by atoms with Crippen molar-refractivity contribution in [1.82, 2.24) is 9.61 Å². The molecule has 0 saturated heterocycles. The van der Waals surface area contributed by atoms with E-state index in [1.165, 1.54) is 18.2 Å². The minimum absolute atomic E-state index is 0.146. The molecule has 0 spiro atoms. The van der Waals surface area contributed by atoms with Gasteiger partial charge >= 0.3 is 5.97 Å². The van der Waals surface area contributed by atoms with Gasteiger partial charge in [-0.2, -0.15) is 5.10 Å². The van der Waals surface area contributed by atoms with Gasteiger partial charge in [-0.25, -0.2) is 18.7 Å². The van der Waals surface area contributed by atoms with Gasteiger partial charge in [0.2, 0.25) is 0 Å². The van der Waals surface area contributed by atoms with Crippen LogP contribution in [0.4, 0.5) is 15.8 Å². The van der Waals surface area contributed by atoms with Crippen molar-refractivity contribution in [1.29, 1.82) is 0 Å². The van der Waals surface area contributed by atoms with Crippen LogP contribution >= 0.6 is 11.6 Å². The number of hydrogen-bond donors (Lipinski definition) is 4. The van der Waals surface area contributed by atoms with Gasteiger partial charge in [0, 0.05) is 29.9 Å². The van der Waals surface area contributed by atoms with Gasteiger partial charge in [-0.3, -0.25) is 0 Å². The summed E-state index contributed by atoms with van der Waals surface area (Å²) in [4.78, 5) is 15.8. The monoisotopic (exact) mass is 534 g/mol. The van der Waals surface area contributed by atoms with Crippen molar-refractivity contribution in [3.05, 3.63) is 82.4 Å². The van der Waals surface area contributed by atoms with E-state index >= 15 is 0 Å². The molecule has 0 unspecified atom stereocenters. The van der Waals surface area contributed by atoms with Crippen molar-refractivity contribution < 1.29 is 14.3 Å². The topological polar surface area (TPSA) is 131 Å². The first-order valence-corrected chi connectivity index (χ1v) is 12.7. The van der Waals surface area contributed by atoms with E-state index in [4.69, 9.17) is 23.1 Å². The number of nitrogens with two attached hydrogens (primary N) is 2. The largest absolute Gasteiger partial charge is 0.478 e. The number of nitrogens with zero attached hydrogens (tertiary/aromatic N) is 3. The molecule has 0 radical (unpaired) electrons. The van der Waals surface area contributed by atoms with Crippen molar-refractivity contribution in [2.75, 3.05) is 5.32 Å². The molecule has 1 aliphatic carbocycles. The number of carboxylic acids is 1. The average molecular weight is 535 g/mol. The van der Waals surface area contributed by atoms with Crippen LogP contribution in [-0.2, 0) is 0 Å². The first kappa shape index (κ1) is 25.7. The Balaban J connectivity index is 1.62. The molecule has 0 aliphatic heterocycles. The first-order chi connectivity index (χ1) is 18.2. The number of carboxylic acid groups (broad SMARTS) is 1. The maximum atomic E-state index is 13.9. The summed E-state index contributed by atoms with van der Waals surface area (Å²) in [6, 6.07) is 11.3. The van der Waals surface area contributed by atoms with Gasteiger partial charge in [0.05, 0.1) is 39.2 Å². The van der Waals surface area contributed by atoms with Crippen LogP contribution in [-0.4, -0.2) is 38.6 Å². The third-order valence-corrected chi connectivity index (χ3v) is 7.29. The third-order valence-electron chi connectivity index (χ3n) is 6.97. The zero-order chi connectivity index (χ0) is 27.0. The normalized spacial score (nSPS) is 18.1. The summed E-state index contributed by atoms with van der Waals surface area (Å²) in [6.07, 6.45) is 7.16. The van der Waals surface area contributed by atoms with E-state index in [0.29, 0.717) is 5.56 Å². The molecule has 0 bridgehead atoms. The van der Waals surface area contributed by atoms with Gasteiger partial charge in [-0.1, -0.05) is 17.7 Å². The van der Waals surface area contributed by atoms with Crippen LogP contribution in [0.3, 0.4) is 0 Å². The maximum Gasteiger partial charge on any atom is 0.335 e. The Morgan fingerprint density at radius 3 is 2.66 bits per heavy atom. The standard InChI is InChI=1S/C28H28ClFN6O2/c1-15-10-16(28(37)38)2-8-21(15)17-11-25-26(34-20-6-4-19(31)5-7-20)22(13-33-36(25)14-17)27(32)35-24-12-18(30)3-9-23(24)29/h2-3,8-14,19-20,34H,4-7,31H2,1H3,(H2,32,35)(H,37,38)/t19-,20-. The van der Waals surface area contributed by atoms with Crippen LogP contribution in [0.15, 0.2) is 59.9 Å². The molecule has 2 aromatic heterocycles. The highest BCUT2D eigenvalue weighted by Gasteiger charge is 2.22. The highest BCUT2D eigenvalue weighted by atomic mass is 35.5. The van der Waals surface area contributed by atoms with Crippen LogP contribution in [0.1, 0.15) is 47.2 Å². The van der Waals surface area contributed by atoms with E-state index in [9.17, 15) is 14.3 Å². The average Bonchev–Trinajstić information content (AvgIpc) is 3.32. The minimum atomic E-state index is -0.972. The van der Waals surface area contributed by atoms with E-state index in [2.05, 4.69) is 15.4 Å². The van der Waals surface area contributed by atoms with E-state index in [0.717, 1.165) is 53.6 Å². The summed E-state index contributed by atoms with van der Waals surface area (Å²) in [5.74, 6) is -1.29. The van der Waals surface area contributed by atoms with Gasteiger partial charge in [0.1, 0.15) is 11.7 Å². The summed E-state index contributed by atoms with van der Waals surface area (Å²) >= 11 is 6.24. The summed E-state index contributed by atoms with van der Waals surface area (Å²) in [5, 5.41) is 17.8. The molecule has 1 aliphatic rings. The third kappa shape index (κ3) is 5.20. The molecule has 0 atom stereocenters. The van der Waals surface area contributed by atoms with E-state index in [-0.39, 0.29) is 34.2 Å². The molecule has 1 saturated carbocycles. The molecule has 0 amide bonds. The molecule has 6 N–H and O–H groups in total. The Morgan fingerprint density at radius 1 is 1.18 bits per heavy atom. The van der Waals surface area contributed by atoms with Gasteiger partial charge < -0.3 is 21.9 Å². The lowest BCUT2D eigenvalue weighted by Crippen LogP contribution is -2.33. The fourth-order valence-corrected chi connectivity index (χ4v) is 5.06. The number of rotatable bonds is 6. The number of nitrogens with one attached hydrogen (secondary N) is 1. The van der Waals surface area contributed by atoms with Crippen LogP contribution in [0.25, 0.3) is 16.6 Å². The highest BCUT2D eigenvalue weighted by molar-refractivity contribution is 6.33. The molecule has 8 nitrogen and oxygen atoms in total. The molecule has 38 heavy (non-hydrogen) atoms. The fraction of sp³-hybridized carbons (Fsp3) is 0.250. The molecule has 196 valence electrons. The van der Waals surface area contributed by atoms with Crippen molar-refractivity contribution in [3.63, 3.8) is 0 Å². The van der Waals surface area contributed by atoms with Crippen LogP contribution < -0.4 is 16.8 Å². The SMILES string of the molecule is Cc1cc(C(=O)O)ccc1-c1cc2c(N[C@H]3CC[C@H](N)CC3)c(/C(N)=N/c3cc(F)ccc3Cl)cnn2c1. The molecular weight excluding hydrogens is 507 g/mol. The summed E-state index contributed by atoms with van der Waals surface area (Å²) < 4.78 is 15.6. The number of aliphatic imine (C=N–C) groups is 1. The Morgan fingerprint density at radius 2 is 1.95 bits per heavy atom. The molecule has 4 aromatic rings. The second-order valence-electron chi connectivity index (χ2n) is 9.68. The highest BCUT2D eigenvalue weighted by Crippen LogP contribution is 2.33. The molecule has 2 aromatic carbocycles. The lowest BCUT2D eigenvalue weighted by atomic mass is 9.91. The Hall–Kier alpha value is -3.95. The fourth-order valence-electron chi connectivity index (χ4n) is 4.90. The summed E-state index contributed by atoms with van der Waals surface area (Å²) in [5.41, 5.74) is 17.7. The zero-order valence-electron chi connectivity index (χ0n) is 20.8. The Labute approximate surface area is 224 Å². The van der Waals surface area contributed by atoms with Gasteiger partial charge in [-0.05, 0) is 74.1 Å². The smallest absolute Gasteiger partial charge is 0.335 e. The summed E-state index contributed by atoms with van der Waals surface area (Å²) in [6.45, 7) is 1.88. The Bertz CT molecular complexity index is 1560. The number of halogens is 2. The second kappa shape index (κ2) is 10.4. The number of amidine groups is 1. The lowest BCUT2D eigenvalue weighted by Gasteiger charge is -2.28. The Kier molecular flexibility index (Phi) is 7.05. The number of carbonyl (C=O) groups is 1. The van der Waals surface area contributed by atoms with Crippen molar-refractivity contribution in [2.45, 2.75) is 44.7 Å². The molecular formula is C28H28ClFN6O2. The number of benzene rings is 2. The second-order valence-corrected chi connectivity index (χ2v) is 10.1. The predicted octanol–water partition coefficient (Wildman–Crippen LogP) is 5.52. The van der Waals surface area contributed by atoms with E-state index in [1.54, 1.807) is 28.9 Å². The minimum Gasteiger partial charge on any atom is -0.478 e. The molecule has 10 heteroatoms. The van der Waals surface area contributed by atoms with Gasteiger partial charge in [-0.15, -0.1) is 0 Å². The molecule has 5 rings (SSSR count). The van der Waals surface area contributed by atoms with E-state index in [1.807, 2.05) is 19.2 Å².